The molecule has 0 bridgehead atoms. The second kappa shape index (κ2) is 11.5. The molecule has 0 spiro atoms. The number of amides is 1. The number of hydrogen-bond acceptors (Lipinski definition) is 6. The van der Waals surface area contributed by atoms with Gasteiger partial charge in [0.05, 0.1) is 17.7 Å². The first kappa shape index (κ1) is 24.3. The Labute approximate surface area is 195 Å². The SMILES string of the molecule is CCNC(=O)OCC(C)C.Cc1ccc2c(N3CCCC3)nc(-c3ccccc3O)nc2c1. The van der Waals surface area contributed by atoms with Gasteiger partial charge in [0.15, 0.2) is 5.82 Å². The standard InChI is InChI=1S/C19H19N3O.C7H15NO2/c1-13-8-9-14-16(12-13)20-18(15-6-2-3-7-17(15)23)21-19(14)22-10-4-5-11-22;1-4-8-7(9)10-5-6(2)3/h2-3,6-9,12,23H,4-5,10-11H2,1H3;6H,4-5H2,1-3H3,(H,8,9). The van der Waals surface area contributed by atoms with Crippen LogP contribution >= 0.6 is 0 Å². The summed E-state index contributed by atoms with van der Waals surface area (Å²) >= 11 is 0. The first-order valence-electron chi connectivity index (χ1n) is 11.6. The maximum absolute atomic E-state index is 10.6. The van der Waals surface area contributed by atoms with Gasteiger partial charge in [-0.1, -0.05) is 32.0 Å². The van der Waals surface area contributed by atoms with E-state index in [0.29, 0.717) is 30.5 Å². The molecule has 0 radical (unpaired) electrons. The number of aromatic nitrogens is 2. The van der Waals surface area contributed by atoms with Crippen LogP contribution in [0.1, 0.15) is 39.2 Å². The number of aryl methyl sites for hydroxylation is 1. The van der Waals surface area contributed by atoms with Crippen molar-refractivity contribution in [1.29, 1.82) is 0 Å². The van der Waals surface area contributed by atoms with Gasteiger partial charge >= 0.3 is 6.09 Å². The fourth-order valence-electron chi connectivity index (χ4n) is 3.61. The van der Waals surface area contributed by atoms with Gasteiger partial charge < -0.3 is 20.1 Å². The van der Waals surface area contributed by atoms with Crippen molar-refractivity contribution in [2.75, 3.05) is 31.1 Å². The molecule has 176 valence electrons. The second-order valence-electron chi connectivity index (χ2n) is 8.63. The monoisotopic (exact) mass is 450 g/mol. The molecule has 1 aromatic heterocycles. The zero-order valence-electron chi connectivity index (χ0n) is 20.0. The van der Waals surface area contributed by atoms with Gasteiger partial charge in [0.2, 0.25) is 0 Å². The first-order valence-corrected chi connectivity index (χ1v) is 11.6. The van der Waals surface area contributed by atoms with Crippen LogP contribution in [0.2, 0.25) is 0 Å². The van der Waals surface area contributed by atoms with Gasteiger partial charge in [-0.05, 0) is 62.4 Å². The van der Waals surface area contributed by atoms with E-state index in [4.69, 9.17) is 14.7 Å². The molecule has 1 aliphatic rings. The van der Waals surface area contributed by atoms with Gasteiger partial charge in [0.25, 0.3) is 0 Å². The van der Waals surface area contributed by atoms with Gasteiger partial charge in [-0.15, -0.1) is 0 Å². The third-order valence-corrected chi connectivity index (χ3v) is 5.25. The molecular weight excluding hydrogens is 416 g/mol. The Balaban J connectivity index is 0.000000262. The van der Waals surface area contributed by atoms with E-state index in [-0.39, 0.29) is 11.8 Å². The van der Waals surface area contributed by atoms with E-state index >= 15 is 0 Å². The van der Waals surface area contributed by atoms with Crippen LogP contribution < -0.4 is 10.2 Å². The number of aromatic hydroxyl groups is 1. The van der Waals surface area contributed by atoms with E-state index in [1.54, 1.807) is 6.07 Å². The summed E-state index contributed by atoms with van der Waals surface area (Å²) in [5.74, 6) is 2.18. The third kappa shape index (κ3) is 6.57. The van der Waals surface area contributed by atoms with Crippen LogP contribution in [0.5, 0.6) is 5.75 Å². The predicted octanol–water partition coefficient (Wildman–Crippen LogP) is 5.30. The number of carbonyl (C=O) groups excluding carboxylic acids is 1. The number of nitrogens with zero attached hydrogens (tertiary/aromatic N) is 3. The molecule has 2 N–H and O–H groups in total. The number of ether oxygens (including phenoxy) is 1. The maximum atomic E-state index is 10.6. The van der Waals surface area contributed by atoms with E-state index in [0.717, 1.165) is 29.8 Å². The fraction of sp³-hybridized carbons (Fsp3) is 0.423. The molecule has 1 amide bonds. The molecule has 0 saturated carbocycles. The number of carbonyl (C=O) groups is 1. The molecule has 0 unspecified atom stereocenters. The zero-order chi connectivity index (χ0) is 23.8. The second-order valence-corrected chi connectivity index (χ2v) is 8.63. The number of alkyl carbamates (subject to hydrolysis) is 1. The highest BCUT2D eigenvalue weighted by molar-refractivity contribution is 5.92. The van der Waals surface area contributed by atoms with Gasteiger partial charge in [-0.2, -0.15) is 0 Å². The Morgan fingerprint density at radius 3 is 2.55 bits per heavy atom. The molecular formula is C26H34N4O3. The number of phenols is 1. The maximum Gasteiger partial charge on any atom is 0.407 e. The van der Waals surface area contributed by atoms with Crippen LogP contribution in [0.15, 0.2) is 42.5 Å². The molecule has 0 aliphatic carbocycles. The Bertz CT molecular complexity index is 1080. The minimum absolute atomic E-state index is 0.215. The Hall–Kier alpha value is -3.35. The van der Waals surface area contributed by atoms with Gasteiger partial charge in [0, 0.05) is 25.0 Å². The normalized spacial score (nSPS) is 13.1. The number of anilines is 1. The smallest absolute Gasteiger partial charge is 0.407 e. The highest BCUT2D eigenvalue weighted by Crippen LogP contribution is 2.32. The predicted molar refractivity (Wildman–Crippen MR) is 133 cm³/mol. The Morgan fingerprint density at radius 2 is 1.88 bits per heavy atom. The van der Waals surface area contributed by atoms with Crippen molar-refractivity contribution in [1.82, 2.24) is 15.3 Å². The van der Waals surface area contributed by atoms with Crippen molar-refractivity contribution < 1.29 is 14.6 Å². The van der Waals surface area contributed by atoms with Crippen molar-refractivity contribution in [3.8, 4) is 17.1 Å². The lowest BCUT2D eigenvalue weighted by Crippen LogP contribution is -2.25. The largest absolute Gasteiger partial charge is 0.507 e. The summed E-state index contributed by atoms with van der Waals surface area (Å²) in [7, 11) is 0. The lowest BCUT2D eigenvalue weighted by Gasteiger charge is -2.19. The third-order valence-electron chi connectivity index (χ3n) is 5.25. The summed E-state index contributed by atoms with van der Waals surface area (Å²) in [4.78, 5) is 22.4. The first-order chi connectivity index (χ1) is 15.9. The molecule has 0 atom stereocenters. The van der Waals surface area contributed by atoms with Gasteiger partial charge in [-0.3, -0.25) is 0 Å². The van der Waals surface area contributed by atoms with Crippen LogP contribution in [-0.4, -0.2) is 47.4 Å². The van der Waals surface area contributed by atoms with E-state index in [2.05, 4.69) is 35.3 Å². The number of phenolic OH excluding ortho intramolecular Hbond substituents is 1. The van der Waals surface area contributed by atoms with Crippen molar-refractivity contribution in [3.63, 3.8) is 0 Å². The molecule has 1 aliphatic heterocycles. The van der Waals surface area contributed by atoms with Crippen LogP contribution in [0.4, 0.5) is 10.6 Å². The van der Waals surface area contributed by atoms with Crippen LogP contribution in [0.3, 0.4) is 0 Å². The van der Waals surface area contributed by atoms with Crippen LogP contribution in [0.25, 0.3) is 22.3 Å². The Kier molecular flexibility index (Phi) is 8.46. The van der Waals surface area contributed by atoms with E-state index in [1.807, 2.05) is 39.0 Å². The van der Waals surface area contributed by atoms with Crippen molar-refractivity contribution in [2.24, 2.45) is 5.92 Å². The molecule has 33 heavy (non-hydrogen) atoms. The highest BCUT2D eigenvalue weighted by Gasteiger charge is 2.19. The fourth-order valence-corrected chi connectivity index (χ4v) is 3.61. The quantitative estimate of drug-likeness (QED) is 0.548. The number of nitrogens with one attached hydrogen (secondary N) is 1. The van der Waals surface area contributed by atoms with E-state index < -0.39 is 0 Å². The highest BCUT2D eigenvalue weighted by atomic mass is 16.5. The summed E-state index contributed by atoms with van der Waals surface area (Å²) in [5.41, 5.74) is 2.78. The summed E-state index contributed by atoms with van der Waals surface area (Å²) in [6, 6.07) is 13.5. The number of fused-ring (bicyclic) bond motifs is 1. The van der Waals surface area contributed by atoms with Crippen LogP contribution in [-0.2, 0) is 4.74 Å². The molecule has 1 fully saturated rings. The van der Waals surface area contributed by atoms with Crippen molar-refractivity contribution in [2.45, 2.75) is 40.5 Å². The average Bonchev–Trinajstić information content (AvgIpc) is 3.32. The number of hydrogen-bond donors (Lipinski definition) is 2. The van der Waals surface area contributed by atoms with E-state index in [1.165, 1.54) is 18.4 Å². The number of rotatable bonds is 5. The van der Waals surface area contributed by atoms with Crippen LogP contribution in [0, 0.1) is 12.8 Å². The molecule has 2 heterocycles. The molecule has 7 heteroatoms. The molecule has 3 aromatic rings. The minimum atomic E-state index is -0.323. The lowest BCUT2D eigenvalue weighted by molar-refractivity contribution is 0.133. The van der Waals surface area contributed by atoms with Gasteiger partial charge in [0.1, 0.15) is 11.6 Å². The van der Waals surface area contributed by atoms with Gasteiger partial charge in [-0.25, -0.2) is 14.8 Å². The van der Waals surface area contributed by atoms with Crippen molar-refractivity contribution in [3.05, 3.63) is 48.0 Å². The Morgan fingerprint density at radius 1 is 1.15 bits per heavy atom. The lowest BCUT2D eigenvalue weighted by atomic mass is 10.1. The molecule has 2 aromatic carbocycles. The molecule has 4 rings (SSSR count). The summed E-state index contributed by atoms with van der Waals surface area (Å²) in [6.07, 6.45) is 2.07. The zero-order valence-corrected chi connectivity index (χ0v) is 20.0. The average molecular weight is 451 g/mol. The summed E-state index contributed by atoms with van der Waals surface area (Å²) in [6.45, 7) is 11.1. The summed E-state index contributed by atoms with van der Waals surface area (Å²) in [5, 5.41) is 13.8. The molecule has 7 nitrogen and oxygen atoms in total. The summed E-state index contributed by atoms with van der Waals surface area (Å²) < 4.78 is 4.79. The number of benzene rings is 2. The number of para-hydroxylation sites is 1. The van der Waals surface area contributed by atoms with Crippen molar-refractivity contribution >= 4 is 22.8 Å². The topological polar surface area (TPSA) is 87.6 Å². The molecule has 1 saturated heterocycles. The van der Waals surface area contributed by atoms with E-state index in [9.17, 15) is 9.90 Å². The minimum Gasteiger partial charge on any atom is -0.507 e.